The molecule has 0 saturated carbocycles. The number of methoxy groups -OCH3 is 1. The van der Waals surface area contributed by atoms with E-state index in [0.29, 0.717) is 12.2 Å². The predicted octanol–water partition coefficient (Wildman–Crippen LogP) is 2.75. The highest BCUT2D eigenvalue weighted by atomic mass is 16.5. The number of β-amino-alcohol motifs (C(OH)–C–C–N with tert-alkyl or cyclic N) is 1. The van der Waals surface area contributed by atoms with Crippen LogP contribution in [0.4, 0.5) is 0 Å². The van der Waals surface area contributed by atoms with Gasteiger partial charge in [0.15, 0.2) is 5.69 Å². The molecule has 1 N–H and O–H groups in total. The molecule has 6 nitrogen and oxygen atoms in total. The van der Waals surface area contributed by atoms with Crippen molar-refractivity contribution in [3.63, 3.8) is 0 Å². The van der Waals surface area contributed by atoms with Crippen molar-refractivity contribution in [2.45, 2.75) is 38.3 Å². The SMILES string of the molecule is COc1cccc([C@H]2C[C@H](O)CN2C(=O)c2cc(C(C)C)on2)c1. The van der Waals surface area contributed by atoms with Gasteiger partial charge in [-0.3, -0.25) is 4.79 Å². The van der Waals surface area contributed by atoms with Gasteiger partial charge in [0.2, 0.25) is 0 Å². The standard InChI is InChI=1S/C18H22N2O4/c1-11(2)17-9-15(19-24-17)18(22)20-10-13(21)8-16(20)12-5-4-6-14(7-12)23-3/h4-7,9,11,13,16,21H,8,10H2,1-3H3/t13-,16+/m0/s1. The zero-order valence-electron chi connectivity index (χ0n) is 14.1. The predicted molar refractivity (Wildman–Crippen MR) is 88.0 cm³/mol. The summed E-state index contributed by atoms with van der Waals surface area (Å²) >= 11 is 0. The zero-order valence-corrected chi connectivity index (χ0v) is 14.1. The lowest BCUT2D eigenvalue weighted by molar-refractivity contribution is 0.0705. The van der Waals surface area contributed by atoms with Crippen LogP contribution in [0.1, 0.15) is 54.0 Å². The number of aromatic nitrogens is 1. The first-order valence-corrected chi connectivity index (χ1v) is 8.09. The second-order valence-corrected chi connectivity index (χ2v) is 6.41. The van der Waals surface area contributed by atoms with E-state index in [0.717, 1.165) is 11.3 Å². The molecule has 6 heteroatoms. The molecule has 2 aromatic rings. The van der Waals surface area contributed by atoms with E-state index in [2.05, 4.69) is 5.16 Å². The molecule has 1 aromatic heterocycles. The average Bonchev–Trinajstić information content (AvgIpc) is 3.21. The van der Waals surface area contributed by atoms with Crippen molar-refractivity contribution in [1.82, 2.24) is 10.1 Å². The number of carbonyl (C=O) groups is 1. The lowest BCUT2D eigenvalue weighted by Crippen LogP contribution is -2.32. The van der Waals surface area contributed by atoms with Gasteiger partial charge in [0.05, 0.1) is 19.3 Å². The molecule has 3 rings (SSSR count). The number of rotatable bonds is 4. The van der Waals surface area contributed by atoms with E-state index < -0.39 is 6.10 Å². The number of aliphatic hydroxyl groups is 1. The number of aliphatic hydroxyl groups excluding tert-OH is 1. The quantitative estimate of drug-likeness (QED) is 0.933. The first-order valence-electron chi connectivity index (χ1n) is 8.09. The third-order valence-corrected chi connectivity index (χ3v) is 4.33. The molecular formula is C18H22N2O4. The van der Waals surface area contributed by atoms with Gasteiger partial charge in [0.1, 0.15) is 11.5 Å². The molecule has 1 fully saturated rings. The summed E-state index contributed by atoms with van der Waals surface area (Å²) in [6.45, 7) is 4.24. The molecule has 0 radical (unpaired) electrons. The van der Waals surface area contributed by atoms with E-state index in [1.165, 1.54) is 0 Å². The lowest BCUT2D eigenvalue weighted by atomic mass is 10.0. The van der Waals surface area contributed by atoms with Crippen LogP contribution < -0.4 is 4.74 Å². The number of hydrogen-bond acceptors (Lipinski definition) is 5. The summed E-state index contributed by atoms with van der Waals surface area (Å²) in [7, 11) is 1.61. The van der Waals surface area contributed by atoms with Gasteiger partial charge in [-0.2, -0.15) is 0 Å². The number of nitrogens with zero attached hydrogens (tertiary/aromatic N) is 2. The maximum absolute atomic E-state index is 12.8. The number of amides is 1. The Balaban J connectivity index is 1.87. The third kappa shape index (κ3) is 3.14. The Kier molecular flexibility index (Phi) is 4.57. The van der Waals surface area contributed by atoms with Gasteiger partial charge in [-0.25, -0.2) is 0 Å². The first-order chi connectivity index (χ1) is 11.5. The molecule has 1 aliphatic rings. The fourth-order valence-electron chi connectivity index (χ4n) is 3.01. The lowest BCUT2D eigenvalue weighted by Gasteiger charge is -2.24. The second-order valence-electron chi connectivity index (χ2n) is 6.41. The molecule has 2 heterocycles. The van der Waals surface area contributed by atoms with E-state index in [-0.39, 0.29) is 30.1 Å². The van der Waals surface area contributed by atoms with E-state index >= 15 is 0 Å². The van der Waals surface area contributed by atoms with Crippen molar-refractivity contribution < 1.29 is 19.2 Å². The van der Waals surface area contributed by atoms with Gasteiger partial charge < -0.3 is 19.3 Å². The smallest absolute Gasteiger partial charge is 0.276 e. The van der Waals surface area contributed by atoms with Crippen molar-refractivity contribution in [2.24, 2.45) is 0 Å². The van der Waals surface area contributed by atoms with Crippen LogP contribution >= 0.6 is 0 Å². The molecule has 0 aliphatic carbocycles. The normalized spacial score (nSPS) is 20.6. The van der Waals surface area contributed by atoms with Crippen LogP contribution in [0.5, 0.6) is 5.75 Å². The number of carbonyl (C=O) groups excluding carboxylic acids is 1. The summed E-state index contributed by atoms with van der Waals surface area (Å²) in [5, 5.41) is 14.0. The molecule has 0 unspecified atom stereocenters. The van der Waals surface area contributed by atoms with Crippen molar-refractivity contribution >= 4 is 5.91 Å². The van der Waals surface area contributed by atoms with Crippen LogP contribution in [0.25, 0.3) is 0 Å². The minimum Gasteiger partial charge on any atom is -0.497 e. The minimum absolute atomic E-state index is 0.164. The molecule has 1 amide bonds. The molecule has 24 heavy (non-hydrogen) atoms. The van der Waals surface area contributed by atoms with Crippen LogP contribution in [-0.4, -0.2) is 40.8 Å². The Labute approximate surface area is 141 Å². The molecule has 0 bridgehead atoms. The topological polar surface area (TPSA) is 75.8 Å². The van der Waals surface area contributed by atoms with Gasteiger partial charge in [-0.15, -0.1) is 0 Å². The first kappa shape index (κ1) is 16.5. The molecule has 1 aromatic carbocycles. The fraction of sp³-hybridized carbons (Fsp3) is 0.444. The van der Waals surface area contributed by atoms with Crippen molar-refractivity contribution in [1.29, 1.82) is 0 Å². The summed E-state index contributed by atoms with van der Waals surface area (Å²) < 4.78 is 10.5. The highest BCUT2D eigenvalue weighted by Gasteiger charge is 2.37. The minimum atomic E-state index is -0.554. The van der Waals surface area contributed by atoms with Crippen molar-refractivity contribution in [3.05, 3.63) is 47.3 Å². The summed E-state index contributed by atoms with van der Waals surface area (Å²) in [5.74, 6) is 1.34. The molecule has 0 spiro atoms. The largest absolute Gasteiger partial charge is 0.497 e. The van der Waals surface area contributed by atoms with E-state index in [4.69, 9.17) is 9.26 Å². The number of benzene rings is 1. The Hall–Kier alpha value is -2.34. The van der Waals surface area contributed by atoms with Crippen LogP contribution in [0.3, 0.4) is 0 Å². The number of ether oxygens (including phenoxy) is 1. The highest BCUT2D eigenvalue weighted by molar-refractivity contribution is 5.92. The van der Waals surface area contributed by atoms with Gasteiger partial charge in [-0.1, -0.05) is 31.1 Å². The van der Waals surface area contributed by atoms with Crippen LogP contribution in [0.15, 0.2) is 34.9 Å². The van der Waals surface area contributed by atoms with Gasteiger partial charge in [-0.05, 0) is 24.1 Å². The van der Waals surface area contributed by atoms with Crippen molar-refractivity contribution in [2.75, 3.05) is 13.7 Å². The second kappa shape index (κ2) is 6.65. The third-order valence-electron chi connectivity index (χ3n) is 4.33. The number of likely N-dealkylation sites (tertiary alicyclic amines) is 1. The van der Waals surface area contributed by atoms with Gasteiger partial charge >= 0.3 is 0 Å². The Morgan fingerprint density at radius 3 is 2.88 bits per heavy atom. The van der Waals surface area contributed by atoms with E-state index in [1.54, 1.807) is 18.1 Å². The Morgan fingerprint density at radius 1 is 1.42 bits per heavy atom. The molecule has 1 aliphatic heterocycles. The van der Waals surface area contributed by atoms with Crippen LogP contribution in [0.2, 0.25) is 0 Å². The Morgan fingerprint density at radius 2 is 2.21 bits per heavy atom. The molecule has 2 atom stereocenters. The molecular weight excluding hydrogens is 308 g/mol. The molecule has 128 valence electrons. The summed E-state index contributed by atoms with van der Waals surface area (Å²) in [5.41, 5.74) is 1.22. The van der Waals surface area contributed by atoms with Crippen LogP contribution in [-0.2, 0) is 0 Å². The zero-order chi connectivity index (χ0) is 17.3. The Bertz CT molecular complexity index is 725. The summed E-state index contributed by atoms with van der Waals surface area (Å²) in [6.07, 6.45) is -0.0602. The summed E-state index contributed by atoms with van der Waals surface area (Å²) in [6, 6.07) is 9.04. The monoisotopic (exact) mass is 330 g/mol. The highest BCUT2D eigenvalue weighted by Crippen LogP contribution is 2.34. The fourth-order valence-corrected chi connectivity index (χ4v) is 3.01. The summed E-state index contributed by atoms with van der Waals surface area (Å²) in [4.78, 5) is 14.5. The average molecular weight is 330 g/mol. The maximum atomic E-state index is 12.8. The van der Waals surface area contributed by atoms with E-state index in [9.17, 15) is 9.90 Å². The van der Waals surface area contributed by atoms with Gasteiger partial charge in [0.25, 0.3) is 5.91 Å². The van der Waals surface area contributed by atoms with E-state index in [1.807, 2.05) is 38.1 Å². The molecule has 1 saturated heterocycles. The van der Waals surface area contributed by atoms with Crippen molar-refractivity contribution in [3.8, 4) is 5.75 Å². The van der Waals surface area contributed by atoms with Gasteiger partial charge in [0, 0.05) is 18.5 Å². The van der Waals surface area contributed by atoms with Crippen LogP contribution in [0, 0.1) is 0 Å². The maximum Gasteiger partial charge on any atom is 0.276 e. The number of hydrogen-bond donors (Lipinski definition) is 1.